The molecule has 0 bridgehead atoms. The van der Waals surface area contributed by atoms with Crippen molar-refractivity contribution in [1.82, 2.24) is 9.55 Å². The minimum Gasteiger partial charge on any atom is -0.356 e. The summed E-state index contributed by atoms with van der Waals surface area (Å²) in [7, 11) is 0. The summed E-state index contributed by atoms with van der Waals surface area (Å²) in [6.45, 7) is 3.81. The lowest BCUT2D eigenvalue weighted by atomic mass is 10.0. The van der Waals surface area contributed by atoms with Crippen LogP contribution in [0.2, 0.25) is 0 Å². The van der Waals surface area contributed by atoms with E-state index < -0.39 is 0 Å². The van der Waals surface area contributed by atoms with Crippen LogP contribution in [0.1, 0.15) is 22.5 Å². The number of aryl methyl sites for hydroxylation is 1. The van der Waals surface area contributed by atoms with Gasteiger partial charge in [0, 0.05) is 18.7 Å². The van der Waals surface area contributed by atoms with Crippen LogP contribution < -0.4 is 5.32 Å². The van der Waals surface area contributed by atoms with Gasteiger partial charge in [0.1, 0.15) is 11.4 Å². The van der Waals surface area contributed by atoms with Crippen LogP contribution >= 0.6 is 0 Å². The van der Waals surface area contributed by atoms with Crippen LogP contribution in [0.4, 0.5) is 5.95 Å². The van der Waals surface area contributed by atoms with Crippen molar-refractivity contribution in [2.75, 3.05) is 11.9 Å². The van der Waals surface area contributed by atoms with E-state index >= 15 is 0 Å². The lowest BCUT2D eigenvalue weighted by Crippen LogP contribution is -2.18. The maximum absolute atomic E-state index is 11.4. The highest BCUT2D eigenvalue weighted by Gasteiger charge is 2.20. The molecule has 4 nitrogen and oxygen atoms in total. The van der Waals surface area contributed by atoms with E-state index in [2.05, 4.69) is 10.3 Å². The molecular formula is C14H15N3O. The van der Waals surface area contributed by atoms with Crippen molar-refractivity contribution in [3.8, 4) is 11.3 Å². The number of nitrogens with zero attached hydrogens (tertiary/aromatic N) is 2. The average molecular weight is 241 g/mol. The smallest absolute Gasteiger partial charge is 0.203 e. The van der Waals surface area contributed by atoms with Crippen LogP contribution in [0.25, 0.3) is 11.3 Å². The second-order valence-electron chi connectivity index (χ2n) is 4.53. The molecule has 3 rings (SSSR count). The van der Waals surface area contributed by atoms with Gasteiger partial charge >= 0.3 is 0 Å². The second-order valence-corrected chi connectivity index (χ2v) is 4.53. The molecule has 0 aliphatic carbocycles. The Morgan fingerprint density at radius 2 is 2.22 bits per heavy atom. The van der Waals surface area contributed by atoms with Gasteiger partial charge in [0.15, 0.2) is 6.29 Å². The van der Waals surface area contributed by atoms with Gasteiger partial charge in [0.05, 0.1) is 0 Å². The molecule has 1 N–H and O–H groups in total. The zero-order chi connectivity index (χ0) is 12.5. The minimum absolute atomic E-state index is 0.673. The first-order valence-corrected chi connectivity index (χ1v) is 6.17. The Morgan fingerprint density at radius 1 is 1.39 bits per heavy atom. The number of carbonyl (C=O) groups excluding carboxylic acids is 1. The second kappa shape index (κ2) is 4.29. The van der Waals surface area contributed by atoms with E-state index in [1.807, 2.05) is 35.8 Å². The molecule has 4 heteroatoms. The van der Waals surface area contributed by atoms with Crippen molar-refractivity contribution in [3.05, 3.63) is 35.5 Å². The highest BCUT2D eigenvalue weighted by atomic mass is 16.1. The molecule has 0 saturated heterocycles. The van der Waals surface area contributed by atoms with Gasteiger partial charge in [0.2, 0.25) is 5.95 Å². The zero-order valence-corrected chi connectivity index (χ0v) is 10.3. The number of anilines is 1. The number of nitrogens with one attached hydrogen (secondary N) is 1. The summed E-state index contributed by atoms with van der Waals surface area (Å²) in [5.74, 6) is 0.807. The summed E-state index contributed by atoms with van der Waals surface area (Å²) in [5, 5.41) is 3.24. The minimum atomic E-state index is 0.673. The maximum atomic E-state index is 11.4. The number of hydrogen-bond donors (Lipinski definition) is 1. The van der Waals surface area contributed by atoms with Crippen molar-refractivity contribution in [2.24, 2.45) is 0 Å². The van der Waals surface area contributed by atoms with E-state index in [1.165, 1.54) is 0 Å². The van der Waals surface area contributed by atoms with Crippen LogP contribution in [0.5, 0.6) is 0 Å². The van der Waals surface area contributed by atoms with Crippen molar-refractivity contribution in [3.63, 3.8) is 0 Å². The van der Waals surface area contributed by atoms with E-state index in [1.54, 1.807) is 0 Å². The molecule has 1 aromatic carbocycles. The Hall–Kier alpha value is -2.10. The molecule has 18 heavy (non-hydrogen) atoms. The number of benzene rings is 1. The van der Waals surface area contributed by atoms with Crippen molar-refractivity contribution < 1.29 is 4.79 Å². The molecule has 0 radical (unpaired) electrons. The van der Waals surface area contributed by atoms with Crippen LogP contribution in [0.3, 0.4) is 0 Å². The topological polar surface area (TPSA) is 46.9 Å². The molecule has 0 unspecified atom stereocenters. The first-order valence-electron chi connectivity index (χ1n) is 6.17. The highest BCUT2D eigenvalue weighted by molar-refractivity contribution is 5.86. The van der Waals surface area contributed by atoms with E-state index in [0.29, 0.717) is 5.69 Å². The van der Waals surface area contributed by atoms with E-state index in [9.17, 15) is 4.79 Å². The van der Waals surface area contributed by atoms with Crippen LogP contribution in [0.15, 0.2) is 24.3 Å². The molecule has 0 atom stereocenters. The van der Waals surface area contributed by atoms with Gasteiger partial charge in [-0.2, -0.15) is 0 Å². The van der Waals surface area contributed by atoms with Gasteiger partial charge in [-0.25, -0.2) is 4.98 Å². The Morgan fingerprint density at radius 3 is 3.00 bits per heavy atom. The Kier molecular flexibility index (Phi) is 2.63. The fourth-order valence-corrected chi connectivity index (χ4v) is 2.42. The molecule has 1 aromatic heterocycles. The van der Waals surface area contributed by atoms with Crippen molar-refractivity contribution in [1.29, 1.82) is 0 Å². The molecule has 0 saturated carbocycles. The molecule has 2 heterocycles. The molecule has 0 fully saturated rings. The first kappa shape index (κ1) is 11.0. The van der Waals surface area contributed by atoms with E-state index in [-0.39, 0.29) is 0 Å². The maximum Gasteiger partial charge on any atom is 0.203 e. The molecule has 1 aliphatic heterocycles. The fourth-order valence-electron chi connectivity index (χ4n) is 2.42. The SMILES string of the molecule is Cc1ccccc1-c1nc2n(c1C=O)CCCN2. The Bertz CT molecular complexity index is 601. The van der Waals surface area contributed by atoms with E-state index in [4.69, 9.17) is 0 Å². The molecule has 1 aliphatic rings. The standard InChI is InChI=1S/C14H15N3O/c1-10-5-2-3-6-11(10)13-12(9-18)17-8-4-7-15-14(17)16-13/h2-3,5-6,9H,4,7-8H2,1H3,(H,15,16). The predicted octanol–water partition coefficient (Wildman–Crippen LogP) is 2.49. The monoisotopic (exact) mass is 241 g/mol. The van der Waals surface area contributed by atoms with Crippen molar-refractivity contribution >= 4 is 12.2 Å². The number of rotatable bonds is 2. The number of hydrogen-bond acceptors (Lipinski definition) is 3. The largest absolute Gasteiger partial charge is 0.356 e. The van der Waals surface area contributed by atoms with Gasteiger partial charge in [0.25, 0.3) is 0 Å². The van der Waals surface area contributed by atoms with Gasteiger partial charge in [-0.3, -0.25) is 4.79 Å². The third-order valence-corrected chi connectivity index (χ3v) is 3.36. The summed E-state index contributed by atoms with van der Waals surface area (Å²) < 4.78 is 1.97. The normalized spacial score (nSPS) is 13.8. The highest BCUT2D eigenvalue weighted by Crippen LogP contribution is 2.29. The Balaban J connectivity index is 2.21. The summed E-state index contributed by atoms with van der Waals surface area (Å²) in [5.41, 5.74) is 3.62. The molecule has 0 spiro atoms. The van der Waals surface area contributed by atoms with Gasteiger partial charge in [-0.1, -0.05) is 24.3 Å². The molecular weight excluding hydrogens is 226 g/mol. The third kappa shape index (κ3) is 1.61. The summed E-state index contributed by atoms with van der Waals surface area (Å²) in [6, 6.07) is 8.02. The number of fused-ring (bicyclic) bond motifs is 1. The van der Waals surface area contributed by atoms with Crippen LogP contribution in [0, 0.1) is 6.92 Å². The van der Waals surface area contributed by atoms with E-state index in [0.717, 1.165) is 48.6 Å². The Labute approximate surface area is 106 Å². The molecule has 2 aromatic rings. The van der Waals surface area contributed by atoms with Crippen LogP contribution in [-0.2, 0) is 6.54 Å². The first-order chi connectivity index (χ1) is 8.81. The third-order valence-electron chi connectivity index (χ3n) is 3.36. The van der Waals surface area contributed by atoms with Crippen LogP contribution in [-0.4, -0.2) is 22.4 Å². The molecule has 92 valence electrons. The number of aromatic nitrogens is 2. The lowest BCUT2D eigenvalue weighted by Gasteiger charge is -2.15. The lowest BCUT2D eigenvalue weighted by molar-refractivity contribution is 0.111. The average Bonchev–Trinajstić information content (AvgIpc) is 2.77. The fraction of sp³-hybridized carbons (Fsp3) is 0.286. The van der Waals surface area contributed by atoms with Gasteiger partial charge in [-0.15, -0.1) is 0 Å². The van der Waals surface area contributed by atoms with Gasteiger partial charge < -0.3 is 9.88 Å². The number of aldehydes is 1. The predicted molar refractivity (Wildman–Crippen MR) is 70.9 cm³/mol. The number of carbonyl (C=O) groups is 1. The van der Waals surface area contributed by atoms with Gasteiger partial charge in [-0.05, 0) is 18.9 Å². The van der Waals surface area contributed by atoms with Crippen molar-refractivity contribution in [2.45, 2.75) is 19.9 Å². The molecule has 0 amide bonds. The zero-order valence-electron chi connectivity index (χ0n) is 10.3. The summed E-state index contributed by atoms with van der Waals surface area (Å²) in [6.07, 6.45) is 1.93. The summed E-state index contributed by atoms with van der Waals surface area (Å²) >= 11 is 0. The number of imidazole rings is 1. The summed E-state index contributed by atoms with van der Waals surface area (Å²) in [4.78, 5) is 15.9. The quantitative estimate of drug-likeness (QED) is 0.822.